The van der Waals surface area contributed by atoms with Crippen LogP contribution in [-0.2, 0) is 6.61 Å². The summed E-state index contributed by atoms with van der Waals surface area (Å²) in [6.45, 7) is 6.03. The summed E-state index contributed by atoms with van der Waals surface area (Å²) in [6, 6.07) is 7.82. The molecule has 24 heavy (non-hydrogen) atoms. The zero-order valence-corrected chi connectivity index (χ0v) is 13.8. The van der Waals surface area contributed by atoms with Gasteiger partial charge < -0.3 is 10.2 Å². The third-order valence-electron chi connectivity index (χ3n) is 5.86. The number of rotatable bonds is 4. The Morgan fingerprint density at radius 3 is 2.96 bits per heavy atom. The minimum absolute atomic E-state index is 0.000980. The first-order valence-corrected chi connectivity index (χ1v) is 8.74. The lowest BCUT2D eigenvalue weighted by Gasteiger charge is -2.50. The fourth-order valence-corrected chi connectivity index (χ4v) is 4.48. The normalized spacial score (nSPS) is 30.4. The maximum Gasteiger partial charge on any atom is 0.0952 e. The number of nitrogens with zero attached hydrogens (tertiary/aromatic N) is 2. The minimum Gasteiger partial charge on any atom is -0.392 e. The van der Waals surface area contributed by atoms with Gasteiger partial charge in [0.15, 0.2) is 0 Å². The molecule has 2 N–H and O–H groups in total. The zero-order valence-electron chi connectivity index (χ0n) is 13.8. The largest absolute Gasteiger partial charge is 0.392 e. The molecule has 2 aromatic rings. The van der Waals surface area contributed by atoms with Crippen molar-refractivity contribution in [3.63, 3.8) is 0 Å². The lowest BCUT2D eigenvalue weighted by Crippen LogP contribution is -2.54. The summed E-state index contributed by atoms with van der Waals surface area (Å²) < 4.78 is 0. The predicted molar refractivity (Wildman–Crippen MR) is 94.4 cm³/mol. The maximum absolute atomic E-state index is 11.1. The summed E-state index contributed by atoms with van der Waals surface area (Å²) in [4.78, 5) is 6.81. The SMILES string of the molecule is C=C[C@H]1CN2CC[C@@H]1C[C@H]2[C@@H](O)c1ccnc2ccc(CO)cc12. The molecule has 1 aromatic heterocycles. The van der Waals surface area contributed by atoms with Gasteiger partial charge in [0.25, 0.3) is 0 Å². The van der Waals surface area contributed by atoms with Crippen molar-refractivity contribution in [1.29, 1.82) is 0 Å². The van der Waals surface area contributed by atoms with E-state index in [2.05, 4.69) is 22.5 Å². The second kappa shape index (κ2) is 6.28. The number of hydrogen-bond donors (Lipinski definition) is 2. The van der Waals surface area contributed by atoms with Crippen molar-refractivity contribution < 1.29 is 10.2 Å². The first kappa shape index (κ1) is 15.8. The number of aliphatic hydroxyl groups is 2. The van der Waals surface area contributed by atoms with Gasteiger partial charge in [-0.3, -0.25) is 9.88 Å². The Morgan fingerprint density at radius 1 is 1.38 bits per heavy atom. The molecule has 0 radical (unpaired) electrons. The molecular formula is C20H24N2O2. The predicted octanol–water partition coefficient (Wildman–Crippen LogP) is 2.66. The number of aliphatic hydroxyl groups excluding tert-OH is 2. The van der Waals surface area contributed by atoms with Crippen LogP contribution in [0.5, 0.6) is 0 Å². The molecule has 0 saturated carbocycles. The number of aromatic nitrogens is 1. The summed E-state index contributed by atoms with van der Waals surface area (Å²) in [6.07, 6.45) is 5.53. The molecule has 3 fully saturated rings. The Bertz CT molecular complexity index is 760. The standard InChI is InChI=1S/C20H24N2O2/c1-2-14-11-22-8-6-15(14)10-19(22)20(24)16-5-7-21-18-4-3-13(12-23)9-17(16)18/h2-5,7,9,14-15,19-20,23-24H,1,6,8,10-12H2/t14-,15+,19-,20-/m0/s1. The second-order valence-electron chi connectivity index (χ2n) is 7.10. The van der Waals surface area contributed by atoms with Crippen LogP contribution < -0.4 is 0 Å². The van der Waals surface area contributed by atoms with Gasteiger partial charge in [-0.05, 0) is 60.5 Å². The van der Waals surface area contributed by atoms with Gasteiger partial charge in [-0.2, -0.15) is 0 Å². The molecule has 3 saturated heterocycles. The van der Waals surface area contributed by atoms with Crippen molar-refractivity contribution in [2.45, 2.75) is 31.6 Å². The minimum atomic E-state index is -0.530. The van der Waals surface area contributed by atoms with Crippen LogP contribution in [0.1, 0.15) is 30.1 Å². The van der Waals surface area contributed by atoms with Crippen molar-refractivity contribution in [3.05, 3.63) is 54.2 Å². The molecule has 1 unspecified atom stereocenters. The van der Waals surface area contributed by atoms with Crippen LogP contribution >= 0.6 is 0 Å². The Balaban J connectivity index is 1.69. The Hall–Kier alpha value is -1.75. The second-order valence-corrected chi connectivity index (χ2v) is 7.10. The van der Waals surface area contributed by atoms with Crippen LogP contribution in [0, 0.1) is 11.8 Å². The van der Waals surface area contributed by atoms with Gasteiger partial charge in [0.05, 0.1) is 18.2 Å². The van der Waals surface area contributed by atoms with E-state index in [1.807, 2.05) is 24.3 Å². The molecule has 1 aromatic carbocycles. The van der Waals surface area contributed by atoms with E-state index in [4.69, 9.17) is 0 Å². The van der Waals surface area contributed by atoms with Gasteiger partial charge in [0, 0.05) is 24.2 Å². The number of benzene rings is 1. The Morgan fingerprint density at radius 2 is 2.25 bits per heavy atom. The summed E-state index contributed by atoms with van der Waals surface area (Å²) in [5.41, 5.74) is 2.63. The molecule has 3 aliphatic rings. The number of fused-ring (bicyclic) bond motifs is 4. The maximum atomic E-state index is 11.1. The first-order chi connectivity index (χ1) is 11.7. The molecule has 126 valence electrons. The van der Waals surface area contributed by atoms with Gasteiger partial charge in [-0.15, -0.1) is 6.58 Å². The molecule has 4 heteroatoms. The van der Waals surface area contributed by atoms with Crippen LogP contribution in [0.3, 0.4) is 0 Å². The van der Waals surface area contributed by atoms with Crippen molar-refractivity contribution in [2.24, 2.45) is 11.8 Å². The summed E-state index contributed by atoms with van der Waals surface area (Å²) in [5, 5.41) is 21.5. The highest BCUT2D eigenvalue weighted by Crippen LogP contribution is 2.42. The molecule has 5 rings (SSSR count). The van der Waals surface area contributed by atoms with Crippen molar-refractivity contribution >= 4 is 10.9 Å². The van der Waals surface area contributed by atoms with Crippen LogP contribution in [0.2, 0.25) is 0 Å². The monoisotopic (exact) mass is 324 g/mol. The fourth-order valence-electron chi connectivity index (χ4n) is 4.48. The van der Waals surface area contributed by atoms with Crippen molar-refractivity contribution in [1.82, 2.24) is 9.88 Å². The Kier molecular flexibility index (Phi) is 4.12. The Labute approximate surface area is 142 Å². The lowest BCUT2D eigenvalue weighted by molar-refractivity contribution is -0.0444. The molecule has 4 nitrogen and oxygen atoms in total. The third kappa shape index (κ3) is 2.55. The highest BCUT2D eigenvalue weighted by atomic mass is 16.3. The smallest absolute Gasteiger partial charge is 0.0952 e. The van der Waals surface area contributed by atoms with E-state index >= 15 is 0 Å². The molecule has 0 amide bonds. The summed E-state index contributed by atoms with van der Waals surface area (Å²) in [7, 11) is 0. The topological polar surface area (TPSA) is 56.6 Å². The molecule has 0 spiro atoms. The average molecular weight is 324 g/mol. The molecule has 4 heterocycles. The highest BCUT2D eigenvalue weighted by Gasteiger charge is 2.42. The van der Waals surface area contributed by atoms with Crippen LogP contribution in [0.4, 0.5) is 0 Å². The number of piperidine rings is 3. The lowest BCUT2D eigenvalue weighted by atomic mass is 9.73. The summed E-state index contributed by atoms with van der Waals surface area (Å²) in [5.74, 6) is 1.19. The number of pyridine rings is 1. The van der Waals surface area contributed by atoms with Crippen LogP contribution in [-0.4, -0.2) is 39.2 Å². The molecular weight excluding hydrogens is 300 g/mol. The molecule has 2 bridgehead atoms. The van der Waals surface area contributed by atoms with Crippen LogP contribution in [0.15, 0.2) is 43.1 Å². The zero-order chi connectivity index (χ0) is 16.7. The van der Waals surface area contributed by atoms with E-state index in [9.17, 15) is 10.2 Å². The quantitative estimate of drug-likeness (QED) is 0.849. The van der Waals surface area contributed by atoms with Crippen LogP contribution in [0.25, 0.3) is 10.9 Å². The van der Waals surface area contributed by atoms with Gasteiger partial charge in [-0.1, -0.05) is 12.1 Å². The van der Waals surface area contributed by atoms with Crippen molar-refractivity contribution in [3.8, 4) is 0 Å². The van der Waals surface area contributed by atoms with E-state index in [-0.39, 0.29) is 12.6 Å². The first-order valence-electron chi connectivity index (χ1n) is 8.74. The summed E-state index contributed by atoms with van der Waals surface area (Å²) >= 11 is 0. The van der Waals surface area contributed by atoms with Gasteiger partial charge in [0.1, 0.15) is 0 Å². The molecule has 5 atom stereocenters. The van der Waals surface area contributed by atoms with E-state index in [1.165, 1.54) is 6.42 Å². The molecule has 3 aliphatic heterocycles. The highest BCUT2D eigenvalue weighted by molar-refractivity contribution is 5.83. The van der Waals surface area contributed by atoms with E-state index in [0.717, 1.165) is 41.5 Å². The van der Waals surface area contributed by atoms with E-state index in [1.54, 1.807) is 6.20 Å². The van der Waals surface area contributed by atoms with E-state index < -0.39 is 6.10 Å². The van der Waals surface area contributed by atoms with Gasteiger partial charge >= 0.3 is 0 Å². The van der Waals surface area contributed by atoms with Gasteiger partial charge in [-0.25, -0.2) is 0 Å². The van der Waals surface area contributed by atoms with Crippen molar-refractivity contribution in [2.75, 3.05) is 13.1 Å². The van der Waals surface area contributed by atoms with Gasteiger partial charge in [0.2, 0.25) is 0 Å². The third-order valence-corrected chi connectivity index (χ3v) is 5.86. The average Bonchev–Trinajstić information content (AvgIpc) is 2.66. The van der Waals surface area contributed by atoms with E-state index in [0.29, 0.717) is 11.8 Å². The molecule has 0 aliphatic carbocycles. The fraction of sp³-hybridized carbons (Fsp3) is 0.450. The number of hydrogen-bond acceptors (Lipinski definition) is 4.